The highest BCUT2D eigenvalue weighted by molar-refractivity contribution is 5.85. The van der Waals surface area contributed by atoms with Crippen molar-refractivity contribution in [2.75, 3.05) is 7.05 Å². The van der Waals surface area contributed by atoms with E-state index in [-0.39, 0.29) is 12.4 Å². The van der Waals surface area contributed by atoms with Gasteiger partial charge in [0, 0.05) is 12.4 Å². The molecule has 13 heavy (non-hydrogen) atoms. The molecular weight excluding hydrogens is 186 g/mol. The monoisotopic (exact) mass is 199 g/mol. The Morgan fingerprint density at radius 1 is 1.38 bits per heavy atom. The molecule has 1 aromatic heterocycles. The highest BCUT2D eigenvalue weighted by Gasteiger charge is 2.32. The molecule has 1 aliphatic carbocycles. The minimum atomic E-state index is 0. The second-order valence-corrected chi connectivity index (χ2v) is 3.21. The molecule has 0 spiro atoms. The molecule has 72 valence electrons. The molecule has 4 heteroatoms. The molecule has 0 aliphatic heterocycles. The lowest BCUT2D eigenvalue weighted by Crippen LogP contribution is -2.20. The third kappa shape index (κ3) is 2.39. The van der Waals surface area contributed by atoms with Crippen molar-refractivity contribution in [3.8, 4) is 0 Å². The molecule has 1 saturated carbocycles. The maximum absolute atomic E-state index is 4.24. The summed E-state index contributed by atoms with van der Waals surface area (Å²) in [5, 5.41) is 3.26. The summed E-state index contributed by atoms with van der Waals surface area (Å²) in [5.41, 5.74) is 0. The highest BCUT2D eigenvalue weighted by atomic mass is 35.5. The normalized spacial score (nSPS) is 17.6. The zero-order chi connectivity index (χ0) is 8.39. The minimum absolute atomic E-state index is 0. The van der Waals surface area contributed by atoms with Crippen molar-refractivity contribution in [3.05, 3.63) is 24.3 Å². The van der Waals surface area contributed by atoms with Crippen LogP contribution in [-0.4, -0.2) is 17.0 Å². The molecule has 1 N–H and O–H groups in total. The van der Waals surface area contributed by atoms with Crippen LogP contribution in [0.3, 0.4) is 0 Å². The van der Waals surface area contributed by atoms with E-state index in [4.69, 9.17) is 0 Å². The molecule has 1 aliphatic rings. The molecule has 3 nitrogen and oxygen atoms in total. The lowest BCUT2D eigenvalue weighted by Gasteiger charge is -2.12. The fraction of sp³-hybridized carbons (Fsp3) is 0.556. The number of aromatic nitrogens is 2. The number of hydrogen-bond acceptors (Lipinski definition) is 3. The number of hydrogen-bond donors (Lipinski definition) is 1. The van der Waals surface area contributed by atoms with Gasteiger partial charge >= 0.3 is 0 Å². The van der Waals surface area contributed by atoms with Crippen molar-refractivity contribution in [3.63, 3.8) is 0 Å². The van der Waals surface area contributed by atoms with Crippen LogP contribution in [0.2, 0.25) is 0 Å². The van der Waals surface area contributed by atoms with Crippen LogP contribution >= 0.6 is 12.4 Å². The molecule has 1 fully saturated rings. The maximum atomic E-state index is 4.24. The van der Waals surface area contributed by atoms with Crippen molar-refractivity contribution in [1.29, 1.82) is 0 Å². The van der Waals surface area contributed by atoms with E-state index in [9.17, 15) is 0 Å². The van der Waals surface area contributed by atoms with Crippen molar-refractivity contribution in [2.24, 2.45) is 5.92 Å². The molecule has 0 bridgehead atoms. The quantitative estimate of drug-likeness (QED) is 0.803. The van der Waals surface area contributed by atoms with Crippen molar-refractivity contribution < 1.29 is 0 Å². The van der Waals surface area contributed by atoms with Gasteiger partial charge in [0.05, 0.1) is 6.04 Å². The first-order valence-corrected chi connectivity index (χ1v) is 4.36. The van der Waals surface area contributed by atoms with Gasteiger partial charge in [0.2, 0.25) is 0 Å². The zero-order valence-electron chi connectivity index (χ0n) is 7.60. The summed E-state index contributed by atoms with van der Waals surface area (Å²) in [6.45, 7) is 0. The van der Waals surface area contributed by atoms with E-state index in [1.807, 2.05) is 13.1 Å². The average molecular weight is 200 g/mol. The van der Waals surface area contributed by atoms with Crippen LogP contribution in [0.1, 0.15) is 24.7 Å². The van der Waals surface area contributed by atoms with Gasteiger partial charge in [-0.1, -0.05) is 0 Å². The van der Waals surface area contributed by atoms with Gasteiger partial charge in [0.25, 0.3) is 0 Å². The molecule has 1 aromatic rings. The van der Waals surface area contributed by atoms with Gasteiger partial charge in [-0.15, -0.1) is 12.4 Å². The van der Waals surface area contributed by atoms with Gasteiger partial charge in [-0.25, -0.2) is 9.97 Å². The molecule has 0 amide bonds. The Balaban J connectivity index is 0.000000845. The van der Waals surface area contributed by atoms with Gasteiger partial charge in [0.15, 0.2) is 0 Å². The Hall–Kier alpha value is -0.670. The SMILES string of the molecule is CNC(c1ncccn1)C1CC1.Cl. The summed E-state index contributed by atoms with van der Waals surface area (Å²) in [4.78, 5) is 8.48. The lowest BCUT2D eigenvalue weighted by molar-refractivity contribution is 0.500. The van der Waals surface area contributed by atoms with E-state index in [0.717, 1.165) is 11.7 Å². The van der Waals surface area contributed by atoms with Crippen LogP contribution in [0.15, 0.2) is 18.5 Å². The van der Waals surface area contributed by atoms with E-state index in [2.05, 4.69) is 15.3 Å². The second-order valence-electron chi connectivity index (χ2n) is 3.21. The van der Waals surface area contributed by atoms with E-state index in [1.54, 1.807) is 12.4 Å². The van der Waals surface area contributed by atoms with Gasteiger partial charge in [-0.05, 0) is 31.9 Å². The third-order valence-electron chi connectivity index (χ3n) is 2.27. The van der Waals surface area contributed by atoms with Gasteiger partial charge in [-0.2, -0.15) is 0 Å². The largest absolute Gasteiger partial charge is 0.310 e. The molecule has 1 heterocycles. The summed E-state index contributed by atoms with van der Waals surface area (Å²) in [6, 6.07) is 2.22. The Morgan fingerprint density at radius 3 is 2.46 bits per heavy atom. The van der Waals surface area contributed by atoms with E-state index >= 15 is 0 Å². The smallest absolute Gasteiger partial charge is 0.145 e. The zero-order valence-corrected chi connectivity index (χ0v) is 8.42. The molecule has 0 saturated heterocycles. The number of halogens is 1. The molecule has 0 radical (unpaired) electrons. The maximum Gasteiger partial charge on any atom is 0.145 e. The van der Waals surface area contributed by atoms with Crippen LogP contribution in [0, 0.1) is 5.92 Å². The molecule has 2 rings (SSSR count). The Morgan fingerprint density at radius 2 is 2.00 bits per heavy atom. The van der Waals surface area contributed by atoms with Crippen LogP contribution in [0.5, 0.6) is 0 Å². The third-order valence-corrected chi connectivity index (χ3v) is 2.27. The number of nitrogens with one attached hydrogen (secondary N) is 1. The predicted octanol–water partition coefficient (Wildman–Crippen LogP) is 1.57. The van der Waals surface area contributed by atoms with Crippen molar-refractivity contribution >= 4 is 12.4 Å². The first-order chi connectivity index (χ1) is 5.92. The summed E-state index contributed by atoms with van der Waals surface area (Å²) in [6.07, 6.45) is 6.22. The highest BCUT2D eigenvalue weighted by Crippen LogP contribution is 2.39. The molecule has 0 aromatic carbocycles. The standard InChI is InChI=1S/C9H13N3.ClH/c1-10-8(7-3-4-7)9-11-5-2-6-12-9;/h2,5-8,10H,3-4H2,1H3;1H. The fourth-order valence-electron chi connectivity index (χ4n) is 1.48. The number of rotatable bonds is 3. The predicted molar refractivity (Wildman–Crippen MR) is 53.8 cm³/mol. The Labute approximate surface area is 84.4 Å². The second kappa shape index (κ2) is 4.53. The van der Waals surface area contributed by atoms with Crippen molar-refractivity contribution in [1.82, 2.24) is 15.3 Å². The first-order valence-electron chi connectivity index (χ1n) is 4.36. The first kappa shape index (κ1) is 10.4. The van der Waals surface area contributed by atoms with Crippen LogP contribution in [0.25, 0.3) is 0 Å². The van der Waals surface area contributed by atoms with E-state index in [1.165, 1.54) is 12.8 Å². The van der Waals surface area contributed by atoms with Gasteiger partial charge in [-0.3, -0.25) is 0 Å². The minimum Gasteiger partial charge on any atom is -0.310 e. The Kier molecular flexibility index (Phi) is 3.63. The molecular formula is C9H14ClN3. The lowest BCUT2D eigenvalue weighted by atomic mass is 10.2. The van der Waals surface area contributed by atoms with Crippen LogP contribution in [-0.2, 0) is 0 Å². The van der Waals surface area contributed by atoms with Crippen LogP contribution in [0.4, 0.5) is 0 Å². The Bertz CT molecular complexity index is 248. The van der Waals surface area contributed by atoms with Gasteiger partial charge < -0.3 is 5.32 Å². The van der Waals surface area contributed by atoms with E-state index in [0.29, 0.717) is 6.04 Å². The summed E-state index contributed by atoms with van der Waals surface area (Å²) in [5.74, 6) is 1.69. The summed E-state index contributed by atoms with van der Waals surface area (Å²) >= 11 is 0. The summed E-state index contributed by atoms with van der Waals surface area (Å²) in [7, 11) is 1.97. The van der Waals surface area contributed by atoms with Crippen molar-refractivity contribution in [2.45, 2.75) is 18.9 Å². The van der Waals surface area contributed by atoms with Gasteiger partial charge in [0.1, 0.15) is 5.82 Å². The topological polar surface area (TPSA) is 37.8 Å². The van der Waals surface area contributed by atoms with E-state index < -0.39 is 0 Å². The fourth-order valence-corrected chi connectivity index (χ4v) is 1.48. The molecule has 1 atom stereocenters. The van der Waals surface area contributed by atoms with Crippen LogP contribution < -0.4 is 5.32 Å². The number of nitrogens with zero attached hydrogens (tertiary/aromatic N) is 2. The molecule has 1 unspecified atom stereocenters. The summed E-state index contributed by atoms with van der Waals surface area (Å²) < 4.78 is 0. The average Bonchev–Trinajstić information content (AvgIpc) is 2.92.